The normalized spacial score (nSPS) is 11.5. The third-order valence-corrected chi connectivity index (χ3v) is 6.21. The molecule has 2 aromatic heterocycles. The van der Waals surface area contributed by atoms with E-state index in [2.05, 4.69) is 39.7 Å². The summed E-state index contributed by atoms with van der Waals surface area (Å²) in [4.78, 5) is 21.8. The number of aryl methyl sites for hydroxylation is 2. The van der Waals surface area contributed by atoms with Crippen LogP contribution in [0.2, 0.25) is 0 Å². The standard InChI is InChI=1S/C25H30N4O3S/c1-4-5-6-13-28-21-12-11-17(24(30)32-3)16-20(21)26-23(28)18-9-7-10-19-22(18)29(25(33)27-19)14-8-15-31-2/h7,9-12,16H,4-6,8,13-15H2,1-3H3,(H,27,33). The summed E-state index contributed by atoms with van der Waals surface area (Å²) < 4.78 is 14.5. The van der Waals surface area contributed by atoms with Crippen LogP contribution >= 0.6 is 12.6 Å². The first-order chi connectivity index (χ1) is 16.1. The molecular formula is C25H30N4O3S. The highest BCUT2D eigenvalue weighted by molar-refractivity contribution is 7.80. The Morgan fingerprint density at radius 3 is 2.58 bits per heavy atom. The minimum atomic E-state index is -0.364. The maximum atomic E-state index is 12.1. The fraction of sp³-hybridized carbons (Fsp3) is 0.400. The Balaban J connectivity index is 1.90. The molecular weight excluding hydrogens is 436 g/mol. The molecule has 0 atom stereocenters. The summed E-state index contributed by atoms with van der Waals surface area (Å²) in [7, 11) is 3.10. The highest BCUT2D eigenvalue weighted by Gasteiger charge is 2.20. The molecule has 0 saturated carbocycles. The predicted octanol–water partition coefficient (Wildman–Crippen LogP) is 5.36. The fourth-order valence-corrected chi connectivity index (χ4v) is 4.57. The van der Waals surface area contributed by atoms with E-state index in [-0.39, 0.29) is 5.97 Å². The average molecular weight is 467 g/mol. The van der Waals surface area contributed by atoms with Crippen molar-refractivity contribution in [2.24, 2.45) is 0 Å². The van der Waals surface area contributed by atoms with Gasteiger partial charge >= 0.3 is 5.97 Å². The first-order valence-electron chi connectivity index (χ1n) is 11.3. The van der Waals surface area contributed by atoms with Gasteiger partial charge in [-0.05, 0) is 43.2 Å². The molecule has 0 aliphatic carbocycles. The Morgan fingerprint density at radius 2 is 1.82 bits per heavy atom. The second kappa shape index (κ2) is 10.4. The number of ether oxygens (including phenoxy) is 2. The molecule has 4 rings (SSSR count). The van der Waals surface area contributed by atoms with Crippen LogP contribution < -0.4 is 0 Å². The van der Waals surface area contributed by atoms with Crippen LogP contribution in [0.4, 0.5) is 0 Å². The number of thiol groups is 1. The number of fused-ring (bicyclic) bond motifs is 2. The molecule has 0 spiro atoms. The topological polar surface area (TPSA) is 71.2 Å². The van der Waals surface area contributed by atoms with Crippen LogP contribution in [-0.2, 0) is 22.6 Å². The van der Waals surface area contributed by atoms with Crippen molar-refractivity contribution >= 4 is 40.7 Å². The molecule has 0 aliphatic heterocycles. The van der Waals surface area contributed by atoms with Gasteiger partial charge in [-0.25, -0.2) is 14.8 Å². The maximum Gasteiger partial charge on any atom is 0.337 e. The highest BCUT2D eigenvalue weighted by Crippen LogP contribution is 2.33. The van der Waals surface area contributed by atoms with E-state index < -0.39 is 0 Å². The number of imidazole rings is 2. The molecule has 4 aromatic rings. The molecule has 0 amide bonds. The summed E-state index contributed by atoms with van der Waals surface area (Å²) in [5.41, 5.74) is 5.18. The van der Waals surface area contributed by atoms with Gasteiger partial charge in [0.05, 0.1) is 34.7 Å². The Bertz CT molecular complexity index is 1280. The van der Waals surface area contributed by atoms with Crippen LogP contribution in [0.1, 0.15) is 43.0 Å². The van der Waals surface area contributed by atoms with Gasteiger partial charge in [-0.2, -0.15) is 0 Å². The number of unbranched alkanes of at least 4 members (excludes halogenated alkanes) is 2. The largest absolute Gasteiger partial charge is 0.465 e. The van der Waals surface area contributed by atoms with E-state index in [0.29, 0.717) is 17.3 Å². The third-order valence-electron chi connectivity index (χ3n) is 5.87. The van der Waals surface area contributed by atoms with Crippen molar-refractivity contribution in [1.82, 2.24) is 19.1 Å². The van der Waals surface area contributed by atoms with Crippen LogP contribution in [0.25, 0.3) is 33.5 Å². The molecule has 0 unspecified atom stereocenters. The highest BCUT2D eigenvalue weighted by atomic mass is 32.1. The van der Waals surface area contributed by atoms with Gasteiger partial charge in [0.1, 0.15) is 5.82 Å². The quantitative estimate of drug-likeness (QED) is 0.194. The van der Waals surface area contributed by atoms with Crippen molar-refractivity contribution in [3.05, 3.63) is 42.0 Å². The van der Waals surface area contributed by atoms with Gasteiger partial charge in [0.2, 0.25) is 0 Å². The number of hydrogen-bond acceptors (Lipinski definition) is 6. The van der Waals surface area contributed by atoms with Crippen molar-refractivity contribution in [2.75, 3.05) is 20.8 Å². The van der Waals surface area contributed by atoms with Crippen molar-refractivity contribution < 1.29 is 14.3 Å². The van der Waals surface area contributed by atoms with Crippen molar-refractivity contribution in [2.45, 2.75) is 50.9 Å². The molecule has 0 saturated heterocycles. The molecule has 174 valence electrons. The van der Waals surface area contributed by atoms with E-state index in [0.717, 1.165) is 72.2 Å². The summed E-state index contributed by atoms with van der Waals surface area (Å²) in [6.45, 7) is 4.46. The molecule has 0 radical (unpaired) electrons. The Kier molecular flexibility index (Phi) is 7.35. The number of aromatic nitrogens is 4. The molecule has 0 N–H and O–H groups in total. The SMILES string of the molecule is CCCCCn1c(-c2cccc3nc(S)n(CCCOC)c23)nc2cc(C(=O)OC)ccc21. The zero-order valence-corrected chi connectivity index (χ0v) is 20.3. The number of para-hydroxylation sites is 1. The maximum absolute atomic E-state index is 12.1. The number of carbonyl (C=O) groups is 1. The van der Waals surface area contributed by atoms with Crippen LogP contribution in [0.3, 0.4) is 0 Å². The minimum Gasteiger partial charge on any atom is -0.465 e. The number of esters is 1. The second-order valence-corrected chi connectivity index (χ2v) is 8.47. The van der Waals surface area contributed by atoms with Crippen LogP contribution in [0.5, 0.6) is 0 Å². The van der Waals surface area contributed by atoms with Crippen molar-refractivity contribution in [1.29, 1.82) is 0 Å². The van der Waals surface area contributed by atoms with E-state index in [4.69, 9.17) is 14.5 Å². The summed E-state index contributed by atoms with van der Waals surface area (Å²) in [6.07, 6.45) is 4.19. The van der Waals surface area contributed by atoms with Gasteiger partial charge in [-0.15, -0.1) is 12.6 Å². The van der Waals surface area contributed by atoms with Gasteiger partial charge in [-0.3, -0.25) is 0 Å². The molecule has 0 bridgehead atoms. The fourth-order valence-electron chi connectivity index (χ4n) is 4.26. The molecule has 0 aliphatic rings. The van der Waals surface area contributed by atoms with E-state index >= 15 is 0 Å². The number of methoxy groups -OCH3 is 2. The van der Waals surface area contributed by atoms with Crippen molar-refractivity contribution in [3.8, 4) is 11.4 Å². The summed E-state index contributed by atoms with van der Waals surface area (Å²) in [5.74, 6) is 0.506. The number of hydrogen-bond donors (Lipinski definition) is 1. The smallest absolute Gasteiger partial charge is 0.337 e. The second-order valence-electron chi connectivity index (χ2n) is 8.07. The molecule has 33 heavy (non-hydrogen) atoms. The van der Waals surface area contributed by atoms with E-state index in [1.165, 1.54) is 7.11 Å². The summed E-state index contributed by atoms with van der Waals surface area (Å²) in [6, 6.07) is 11.7. The Morgan fingerprint density at radius 1 is 1.00 bits per heavy atom. The Labute approximate surface area is 199 Å². The summed E-state index contributed by atoms with van der Waals surface area (Å²) in [5, 5.41) is 0.676. The van der Waals surface area contributed by atoms with Gasteiger partial charge in [0.25, 0.3) is 0 Å². The lowest BCUT2D eigenvalue weighted by molar-refractivity contribution is 0.0601. The molecule has 2 aromatic carbocycles. The average Bonchev–Trinajstić information content (AvgIpc) is 3.35. The number of nitrogens with zero attached hydrogens (tertiary/aromatic N) is 4. The lowest BCUT2D eigenvalue weighted by atomic mass is 10.1. The lowest BCUT2D eigenvalue weighted by Gasteiger charge is -2.12. The van der Waals surface area contributed by atoms with Crippen LogP contribution in [0, 0.1) is 0 Å². The molecule has 0 fully saturated rings. The van der Waals surface area contributed by atoms with Gasteiger partial charge in [0, 0.05) is 32.4 Å². The first kappa shape index (κ1) is 23.3. The van der Waals surface area contributed by atoms with E-state index in [1.807, 2.05) is 18.2 Å². The van der Waals surface area contributed by atoms with E-state index in [9.17, 15) is 4.79 Å². The summed E-state index contributed by atoms with van der Waals surface area (Å²) >= 11 is 4.64. The number of rotatable bonds is 10. The first-order valence-corrected chi connectivity index (χ1v) is 11.8. The van der Waals surface area contributed by atoms with Crippen LogP contribution in [-0.4, -0.2) is 45.9 Å². The molecule has 2 heterocycles. The molecule has 7 nitrogen and oxygen atoms in total. The lowest BCUT2D eigenvalue weighted by Crippen LogP contribution is -2.05. The number of carbonyl (C=O) groups excluding carboxylic acids is 1. The van der Waals surface area contributed by atoms with Crippen molar-refractivity contribution in [3.63, 3.8) is 0 Å². The molecule has 8 heteroatoms. The minimum absolute atomic E-state index is 0.364. The van der Waals surface area contributed by atoms with Gasteiger partial charge < -0.3 is 18.6 Å². The Hall–Kier alpha value is -2.84. The van der Waals surface area contributed by atoms with Crippen LogP contribution in [0.15, 0.2) is 41.6 Å². The third kappa shape index (κ3) is 4.63. The van der Waals surface area contributed by atoms with E-state index in [1.54, 1.807) is 19.2 Å². The predicted molar refractivity (Wildman–Crippen MR) is 133 cm³/mol. The number of benzene rings is 2. The zero-order chi connectivity index (χ0) is 23.4. The van der Waals surface area contributed by atoms with Gasteiger partial charge in [0.15, 0.2) is 5.16 Å². The monoisotopic (exact) mass is 466 g/mol. The zero-order valence-electron chi connectivity index (χ0n) is 19.4. The van der Waals surface area contributed by atoms with Gasteiger partial charge in [-0.1, -0.05) is 25.8 Å².